The lowest BCUT2D eigenvalue weighted by Gasteiger charge is -2.18. The summed E-state index contributed by atoms with van der Waals surface area (Å²) >= 11 is 0. The highest BCUT2D eigenvalue weighted by atomic mass is 16.5. The summed E-state index contributed by atoms with van der Waals surface area (Å²) in [4.78, 5) is 21.8. The summed E-state index contributed by atoms with van der Waals surface area (Å²) in [6.45, 7) is 3.91. The van der Waals surface area contributed by atoms with Gasteiger partial charge in [-0.05, 0) is 50.6 Å². The summed E-state index contributed by atoms with van der Waals surface area (Å²) in [5, 5.41) is 29.0. The standard InChI is InChI=1S/C20H24N6O3/c1-12(2)26-7-5-13-9-16(23-17-11-25(29)8-6-21-17)24-19(18(13)20(26)28)22-14-3-4-15(27)10-14/h5-9,11-12,14-15,27H,3-4,10H2,1-2H3,(H2,21,22,23,24)/t14-,15+/m0/s1. The van der Waals surface area contributed by atoms with Crippen molar-refractivity contribution in [3.05, 3.63) is 52.5 Å². The average Bonchev–Trinajstić information content (AvgIpc) is 3.06. The number of pyridine rings is 2. The van der Waals surface area contributed by atoms with E-state index in [2.05, 4.69) is 20.6 Å². The van der Waals surface area contributed by atoms with Crippen LogP contribution in [0.1, 0.15) is 39.2 Å². The Morgan fingerprint density at radius 1 is 1.34 bits per heavy atom. The van der Waals surface area contributed by atoms with Crippen LogP contribution in [0.25, 0.3) is 10.8 Å². The molecule has 0 amide bonds. The number of rotatable bonds is 5. The van der Waals surface area contributed by atoms with E-state index in [-0.39, 0.29) is 23.7 Å². The third-order valence-corrected chi connectivity index (χ3v) is 5.15. The molecule has 4 rings (SSSR count). The maximum atomic E-state index is 13.1. The first kappa shape index (κ1) is 19.1. The molecule has 0 aromatic carbocycles. The zero-order chi connectivity index (χ0) is 20.5. The number of aliphatic hydroxyl groups excluding tert-OH is 1. The van der Waals surface area contributed by atoms with Gasteiger partial charge in [-0.3, -0.25) is 4.79 Å². The van der Waals surface area contributed by atoms with Crippen LogP contribution < -0.4 is 20.9 Å². The first-order valence-corrected chi connectivity index (χ1v) is 9.73. The van der Waals surface area contributed by atoms with Gasteiger partial charge in [0, 0.05) is 18.3 Å². The summed E-state index contributed by atoms with van der Waals surface area (Å²) in [5.41, 5.74) is -0.118. The molecular weight excluding hydrogens is 372 g/mol. The SMILES string of the molecule is CC(C)n1ccc2cc(Nc3c[n+]([O-])ccn3)nc(N[C@H]3CC[C@@H](O)C3)c2c1=O. The Kier molecular flexibility index (Phi) is 5.06. The number of hydrogen-bond donors (Lipinski definition) is 3. The van der Waals surface area contributed by atoms with E-state index in [9.17, 15) is 15.1 Å². The van der Waals surface area contributed by atoms with Gasteiger partial charge < -0.3 is 25.5 Å². The topological polar surface area (TPSA) is 119 Å². The lowest BCUT2D eigenvalue weighted by molar-refractivity contribution is -0.605. The van der Waals surface area contributed by atoms with Crippen molar-refractivity contribution < 1.29 is 9.84 Å². The molecule has 1 aliphatic rings. The van der Waals surface area contributed by atoms with Crippen LogP contribution in [0.2, 0.25) is 0 Å². The van der Waals surface area contributed by atoms with E-state index in [4.69, 9.17) is 0 Å². The van der Waals surface area contributed by atoms with Crippen LogP contribution >= 0.6 is 0 Å². The Morgan fingerprint density at radius 3 is 2.86 bits per heavy atom. The predicted octanol–water partition coefficient (Wildman–Crippen LogP) is 2.07. The Bertz CT molecular complexity index is 1100. The molecule has 0 saturated heterocycles. The highest BCUT2D eigenvalue weighted by Crippen LogP contribution is 2.28. The minimum Gasteiger partial charge on any atom is -0.619 e. The summed E-state index contributed by atoms with van der Waals surface area (Å²) in [7, 11) is 0. The highest BCUT2D eigenvalue weighted by molar-refractivity contribution is 5.93. The molecule has 9 heteroatoms. The lowest BCUT2D eigenvalue weighted by atomic mass is 10.1. The van der Waals surface area contributed by atoms with Gasteiger partial charge in [-0.2, -0.15) is 4.73 Å². The van der Waals surface area contributed by atoms with E-state index in [0.29, 0.717) is 34.0 Å². The molecular formula is C20H24N6O3. The molecule has 3 heterocycles. The minimum atomic E-state index is -0.339. The number of nitrogens with zero attached hydrogens (tertiary/aromatic N) is 4. The fraction of sp³-hybridized carbons (Fsp3) is 0.400. The van der Waals surface area contributed by atoms with Crippen LogP contribution in [0, 0.1) is 5.21 Å². The molecule has 3 aromatic heterocycles. The first-order chi connectivity index (χ1) is 13.9. The zero-order valence-corrected chi connectivity index (χ0v) is 16.4. The number of fused-ring (bicyclic) bond motifs is 1. The molecule has 0 aliphatic heterocycles. The van der Waals surface area contributed by atoms with E-state index in [1.54, 1.807) is 16.8 Å². The molecule has 1 fully saturated rings. The van der Waals surface area contributed by atoms with Gasteiger partial charge in [-0.25, -0.2) is 9.97 Å². The van der Waals surface area contributed by atoms with Gasteiger partial charge in [-0.1, -0.05) is 0 Å². The smallest absolute Gasteiger partial charge is 0.262 e. The minimum absolute atomic E-state index is 0.0203. The highest BCUT2D eigenvalue weighted by Gasteiger charge is 2.24. The second-order valence-corrected chi connectivity index (χ2v) is 7.68. The van der Waals surface area contributed by atoms with E-state index in [1.165, 1.54) is 18.6 Å². The van der Waals surface area contributed by atoms with Crippen LogP contribution in [0.5, 0.6) is 0 Å². The quantitative estimate of drug-likeness (QED) is 0.446. The first-order valence-electron chi connectivity index (χ1n) is 9.73. The molecule has 0 spiro atoms. The third-order valence-electron chi connectivity index (χ3n) is 5.15. The number of nitrogens with one attached hydrogen (secondary N) is 2. The lowest BCUT2D eigenvalue weighted by Crippen LogP contribution is -2.25. The molecule has 29 heavy (non-hydrogen) atoms. The van der Waals surface area contributed by atoms with Crippen LogP contribution in [0.3, 0.4) is 0 Å². The van der Waals surface area contributed by atoms with Crippen molar-refractivity contribution in [3.63, 3.8) is 0 Å². The molecule has 152 valence electrons. The van der Waals surface area contributed by atoms with Crippen LogP contribution in [-0.2, 0) is 0 Å². The van der Waals surface area contributed by atoms with Gasteiger partial charge in [-0.15, -0.1) is 0 Å². The average molecular weight is 396 g/mol. The van der Waals surface area contributed by atoms with Crippen molar-refractivity contribution >= 4 is 28.2 Å². The van der Waals surface area contributed by atoms with E-state index < -0.39 is 0 Å². The van der Waals surface area contributed by atoms with Gasteiger partial charge >= 0.3 is 0 Å². The van der Waals surface area contributed by atoms with E-state index >= 15 is 0 Å². The normalized spacial score (nSPS) is 19.0. The van der Waals surface area contributed by atoms with Crippen molar-refractivity contribution in [2.45, 2.75) is 51.3 Å². The molecule has 9 nitrogen and oxygen atoms in total. The Balaban J connectivity index is 1.80. The maximum absolute atomic E-state index is 13.1. The zero-order valence-electron chi connectivity index (χ0n) is 16.4. The fourth-order valence-electron chi connectivity index (χ4n) is 3.71. The summed E-state index contributed by atoms with van der Waals surface area (Å²) < 4.78 is 2.32. The van der Waals surface area contributed by atoms with Crippen molar-refractivity contribution in [2.24, 2.45) is 0 Å². The number of hydrogen-bond acceptors (Lipinski definition) is 7. The van der Waals surface area contributed by atoms with Gasteiger partial charge in [0.2, 0.25) is 6.20 Å². The summed E-state index contributed by atoms with van der Waals surface area (Å²) in [6, 6.07) is 3.71. The Labute approximate surface area is 167 Å². The number of aliphatic hydroxyl groups is 1. The van der Waals surface area contributed by atoms with E-state index in [0.717, 1.165) is 18.2 Å². The molecule has 3 aromatic rings. The third kappa shape index (κ3) is 4.00. The van der Waals surface area contributed by atoms with Crippen LogP contribution in [-0.4, -0.2) is 31.8 Å². The molecule has 1 aliphatic carbocycles. The maximum Gasteiger partial charge on any atom is 0.262 e. The predicted molar refractivity (Wildman–Crippen MR) is 110 cm³/mol. The Morgan fingerprint density at radius 2 is 2.17 bits per heavy atom. The van der Waals surface area contributed by atoms with Gasteiger partial charge in [0.15, 0.2) is 12.0 Å². The molecule has 2 atom stereocenters. The van der Waals surface area contributed by atoms with Gasteiger partial charge in [0.1, 0.15) is 11.6 Å². The Hall–Kier alpha value is -3.20. The monoisotopic (exact) mass is 396 g/mol. The second kappa shape index (κ2) is 7.67. The summed E-state index contributed by atoms with van der Waals surface area (Å²) in [5.74, 6) is 1.29. The van der Waals surface area contributed by atoms with Crippen molar-refractivity contribution in [3.8, 4) is 0 Å². The number of anilines is 3. The van der Waals surface area contributed by atoms with Gasteiger partial charge in [0.25, 0.3) is 5.56 Å². The van der Waals surface area contributed by atoms with Crippen molar-refractivity contribution in [1.29, 1.82) is 0 Å². The molecule has 0 radical (unpaired) electrons. The van der Waals surface area contributed by atoms with Crippen molar-refractivity contribution in [1.82, 2.24) is 14.5 Å². The van der Waals surface area contributed by atoms with Crippen LogP contribution in [0.15, 0.2) is 41.7 Å². The molecule has 0 unspecified atom stereocenters. The van der Waals surface area contributed by atoms with E-state index in [1.807, 2.05) is 19.9 Å². The van der Waals surface area contributed by atoms with Gasteiger partial charge in [0.05, 0.1) is 17.7 Å². The largest absolute Gasteiger partial charge is 0.619 e. The fourth-order valence-corrected chi connectivity index (χ4v) is 3.71. The molecule has 0 bridgehead atoms. The summed E-state index contributed by atoms with van der Waals surface area (Å²) in [6.07, 6.45) is 7.58. The molecule has 1 saturated carbocycles. The molecule has 3 N–H and O–H groups in total. The second-order valence-electron chi connectivity index (χ2n) is 7.68. The van der Waals surface area contributed by atoms with Crippen molar-refractivity contribution in [2.75, 3.05) is 10.6 Å². The van der Waals surface area contributed by atoms with Crippen LogP contribution in [0.4, 0.5) is 17.5 Å². The number of aromatic nitrogens is 4.